The highest BCUT2D eigenvalue weighted by Crippen LogP contribution is 2.41. The molecule has 16 nitrogen and oxygen atoms in total. The van der Waals surface area contributed by atoms with Crippen molar-refractivity contribution in [2.24, 2.45) is 11.3 Å². The molecule has 16 heteroatoms. The summed E-state index contributed by atoms with van der Waals surface area (Å²) in [6.07, 6.45) is 4.71. The number of hydrogen-bond acceptors (Lipinski definition) is 10. The summed E-state index contributed by atoms with van der Waals surface area (Å²) < 4.78 is 16.5. The first-order valence-electron chi connectivity index (χ1n) is 24.7. The minimum atomic E-state index is -1.14. The molecule has 3 aliphatic heterocycles. The Morgan fingerprint density at radius 1 is 0.662 bits per heavy atom. The molecule has 0 radical (unpaired) electrons. The predicted molar refractivity (Wildman–Crippen MR) is 260 cm³/mol. The Bertz CT molecular complexity index is 1950. The number of alkyl carbamates (subject to hydrolysis) is 2. The van der Waals surface area contributed by atoms with Crippen LogP contribution in [-0.4, -0.2) is 133 Å². The van der Waals surface area contributed by atoms with Gasteiger partial charge in [-0.05, 0) is 123 Å². The lowest BCUT2D eigenvalue weighted by Crippen LogP contribution is -2.66. The molecule has 0 aliphatic carbocycles. The molecule has 3 saturated heterocycles. The number of carbonyl (C=O) groups excluding carboxylic acids is 6. The molecule has 5 N–H and O–H groups in total. The zero-order valence-corrected chi connectivity index (χ0v) is 41.8. The molecule has 0 saturated carbocycles. The average Bonchev–Trinajstić information content (AvgIpc) is 3.26. The van der Waals surface area contributed by atoms with Crippen molar-refractivity contribution in [3.05, 3.63) is 71.8 Å². The van der Waals surface area contributed by atoms with Crippen LogP contribution in [0.25, 0.3) is 0 Å². The molecular weight excluding hydrogens is 867 g/mol. The monoisotopic (exact) mass is 946 g/mol. The summed E-state index contributed by atoms with van der Waals surface area (Å²) in [6, 6.07) is 14.8. The van der Waals surface area contributed by atoms with Gasteiger partial charge < -0.3 is 50.6 Å². The van der Waals surface area contributed by atoms with Gasteiger partial charge in [-0.3, -0.25) is 19.2 Å². The summed E-state index contributed by atoms with van der Waals surface area (Å²) in [6.45, 7) is 19.6. The van der Waals surface area contributed by atoms with E-state index in [0.717, 1.165) is 63.1 Å². The van der Waals surface area contributed by atoms with Crippen LogP contribution in [0.1, 0.15) is 118 Å². The van der Waals surface area contributed by atoms with Gasteiger partial charge in [0.05, 0.1) is 0 Å². The summed E-state index contributed by atoms with van der Waals surface area (Å²) in [4.78, 5) is 87.3. The Labute approximate surface area is 404 Å². The second-order valence-corrected chi connectivity index (χ2v) is 21.4. The fourth-order valence-corrected chi connectivity index (χ4v) is 9.19. The predicted octanol–water partition coefficient (Wildman–Crippen LogP) is 5.66. The largest absolute Gasteiger partial charge is 0.444 e. The van der Waals surface area contributed by atoms with Gasteiger partial charge in [-0.2, -0.15) is 0 Å². The quantitative estimate of drug-likeness (QED) is 0.103. The highest BCUT2D eigenvalue weighted by molar-refractivity contribution is 5.95. The molecule has 376 valence electrons. The molecule has 3 fully saturated rings. The maximum absolute atomic E-state index is 14.5. The van der Waals surface area contributed by atoms with Gasteiger partial charge in [-0.15, -0.1) is 0 Å². The Balaban J connectivity index is 1.30. The zero-order valence-electron chi connectivity index (χ0n) is 41.8. The van der Waals surface area contributed by atoms with Gasteiger partial charge in [0.15, 0.2) is 0 Å². The number of nitrogens with one attached hydrogen (secondary N) is 5. The number of piperidine rings is 1. The summed E-state index contributed by atoms with van der Waals surface area (Å²) >= 11 is 0. The van der Waals surface area contributed by atoms with Crippen LogP contribution >= 0.6 is 0 Å². The van der Waals surface area contributed by atoms with Crippen LogP contribution in [0.3, 0.4) is 0 Å². The number of amides is 6. The molecule has 68 heavy (non-hydrogen) atoms. The summed E-state index contributed by atoms with van der Waals surface area (Å²) in [5.41, 5.74) is 0.154. The molecule has 1 spiro atoms. The van der Waals surface area contributed by atoms with Crippen molar-refractivity contribution in [2.45, 2.75) is 161 Å². The van der Waals surface area contributed by atoms with Crippen molar-refractivity contribution < 1.29 is 43.0 Å². The van der Waals surface area contributed by atoms with Gasteiger partial charge in [0, 0.05) is 57.1 Å². The van der Waals surface area contributed by atoms with E-state index in [0.29, 0.717) is 44.9 Å². The van der Waals surface area contributed by atoms with E-state index in [4.69, 9.17) is 14.2 Å². The van der Waals surface area contributed by atoms with Crippen LogP contribution in [-0.2, 0) is 46.2 Å². The van der Waals surface area contributed by atoms with Crippen molar-refractivity contribution in [1.82, 2.24) is 36.4 Å². The number of unbranched alkanes of at least 4 members (excludes halogenated alkanes) is 1. The Kier molecular flexibility index (Phi) is 19.7. The maximum atomic E-state index is 14.5. The molecule has 6 amide bonds. The number of hydrogen-bond donors (Lipinski definition) is 5. The lowest BCUT2D eigenvalue weighted by atomic mass is 9.71. The van der Waals surface area contributed by atoms with E-state index in [1.807, 2.05) is 79.4 Å². The zero-order chi connectivity index (χ0) is 49.5. The van der Waals surface area contributed by atoms with Gasteiger partial charge in [0.2, 0.25) is 23.6 Å². The van der Waals surface area contributed by atoms with E-state index in [1.165, 1.54) is 0 Å². The van der Waals surface area contributed by atoms with Crippen molar-refractivity contribution >= 4 is 35.8 Å². The number of ether oxygens (including phenoxy) is 3. The highest BCUT2D eigenvalue weighted by Gasteiger charge is 2.48. The van der Waals surface area contributed by atoms with E-state index < -0.39 is 65.3 Å². The third kappa shape index (κ3) is 17.7. The molecule has 0 unspecified atom stereocenters. The first-order valence-corrected chi connectivity index (χ1v) is 24.7. The van der Waals surface area contributed by atoms with Crippen LogP contribution in [0, 0.1) is 11.3 Å². The fourth-order valence-electron chi connectivity index (χ4n) is 9.19. The minimum absolute atomic E-state index is 0.0307. The first-order chi connectivity index (χ1) is 32.2. The highest BCUT2D eigenvalue weighted by atomic mass is 16.6. The molecule has 5 rings (SSSR count). The standard InChI is InChI=1S/C52H79N7O9/c1-36(2)31-41(55-45(61)42(32-37-17-11-9-12-18-37)56-46(62)43(33-38-19-13-10-14-20-38)57-49(65)68-51(6,7)8)44(60)54-40(21-15-16-26-53-48(64)67-50(3,4)5)47(63)59-34-52(35-59)24-27-58(28-25-52)39-22-29-66-30-23-39/h9-14,17-20,36,39-43H,15-16,21-35H2,1-8H3,(H,53,64)(H,54,60)(H,55,61)(H,56,62)(H,57,65)/t40-,41-,42-,43-/m1/s1. The normalized spacial score (nSPS) is 18.3. The van der Waals surface area contributed by atoms with Crippen LogP contribution in [0.15, 0.2) is 60.7 Å². The fraction of sp³-hybridized carbons (Fsp3) is 0.654. The van der Waals surface area contributed by atoms with Crippen LogP contribution < -0.4 is 26.6 Å². The maximum Gasteiger partial charge on any atom is 0.408 e. The smallest absolute Gasteiger partial charge is 0.408 e. The second-order valence-electron chi connectivity index (χ2n) is 21.4. The summed E-state index contributed by atoms with van der Waals surface area (Å²) in [5, 5.41) is 14.3. The Morgan fingerprint density at radius 3 is 1.68 bits per heavy atom. The molecule has 2 aromatic carbocycles. The van der Waals surface area contributed by atoms with Gasteiger partial charge in [-0.25, -0.2) is 9.59 Å². The molecule has 0 bridgehead atoms. The lowest BCUT2D eigenvalue weighted by molar-refractivity contribution is -0.151. The molecule has 3 aliphatic rings. The van der Waals surface area contributed by atoms with Crippen molar-refractivity contribution in [2.75, 3.05) is 45.9 Å². The van der Waals surface area contributed by atoms with Crippen molar-refractivity contribution in [3.8, 4) is 0 Å². The average molecular weight is 946 g/mol. The summed E-state index contributed by atoms with van der Waals surface area (Å²) in [5.74, 6) is -1.89. The Morgan fingerprint density at radius 2 is 1.15 bits per heavy atom. The molecule has 4 atom stereocenters. The SMILES string of the molecule is CC(C)C[C@@H](NC(=O)[C@@H](Cc1ccccc1)NC(=O)[C@@H](Cc1ccccc1)NC(=O)OC(C)(C)C)C(=O)N[C@H](CCCCNC(=O)OC(C)(C)C)C(=O)N1CC2(CCN(C3CCOCC3)CC2)C1. The Hall–Kier alpha value is -5.22. The van der Waals surface area contributed by atoms with Crippen molar-refractivity contribution in [3.63, 3.8) is 0 Å². The number of likely N-dealkylation sites (tertiary alicyclic amines) is 2. The van der Waals surface area contributed by atoms with E-state index in [-0.39, 0.29) is 36.5 Å². The van der Waals surface area contributed by atoms with Gasteiger partial charge in [0.1, 0.15) is 35.4 Å². The second kappa shape index (κ2) is 24.9. The third-order valence-electron chi connectivity index (χ3n) is 12.7. The first kappa shape index (κ1) is 53.7. The van der Waals surface area contributed by atoms with E-state index in [2.05, 4.69) is 31.5 Å². The van der Waals surface area contributed by atoms with Crippen molar-refractivity contribution in [1.29, 1.82) is 0 Å². The molecule has 2 aromatic rings. The minimum Gasteiger partial charge on any atom is -0.444 e. The van der Waals surface area contributed by atoms with Gasteiger partial charge >= 0.3 is 12.2 Å². The molecule has 3 heterocycles. The number of benzene rings is 2. The van der Waals surface area contributed by atoms with E-state index >= 15 is 0 Å². The topological polar surface area (TPSA) is 197 Å². The van der Waals surface area contributed by atoms with E-state index in [9.17, 15) is 28.8 Å². The van der Waals surface area contributed by atoms with E-state index in [1.54, 1.807) is 41.5 Å². The molecule has 0 aromatic heterocycles. The van der Waals surface area contributed by atoms with Gasteiger partial charge in [-0.1, -0.05) is 74.5 Å². The van der Waals surface area contributed by atoms with Crippen LogP contribution in [0.5, 0.6) is 0 Å². The van der Waals surface area contributed by atoms with Gasteiger partial charge in [0.25, 0.3) is 0 Å². The summed E-state index contributed by atoms with van der Waals surface area (Å²) in [7, 11) is 0. The lowest BCUT2D eigenvalue weighted by Gasteiger charge is -2.55. The number of rotatable bonds is 20. The molecular formula is C52H79N7O9. The van der Waals surface area contributed by atoms with Crippen LogP contribution in [0.4, 0.5) is 9.59 Å². The third-order valence-corrected chi connectivity index (χ3v) is 12.7. The van der Waals surface area contributed by atoms with Crippen LogP contribution in [0.2, 0.25) is 0 Å². The number of carbonyl (C=O) groups is 6. The number of nitrogens with zero attached hydrogens (tertiary/aromatic N) is 2.